The first-order valence-corrected chi connectivity index (χ1v) is 7.23. The van der Waals surface area contributed by atoms with E-state index in [2.05, 4.69) is 52.4 Å². The van der Waals surface area contributed by atoms with Gasteiger partial charge in [-0.25, -0.2) is 0 Å². The van der Waals surface area contributed by atoms with Crippen LogP contribution in [0, 0.1) is 6.92 Å². The average Bonchev–Trinajstić information content (AvgIpc) is 2.42. The summed E-state index contributed by atoms with van der Waals surface area (Å²) in [6.07, 6.45) is 0.967. The van der Waals surface area contributed by atoms with Gasteiger partial charge in [0.25, 0.3) is 0 Å². The van der Waals surface area contributed by atoms with E-state index in [9.17, 15) is 0 Å². The first kappa shape index (κ1) is 13.9. The molecule has 2 aromatic rings. The van der Waals surface area contributed by atoms with E-state index in [-0.39, 0.29) is 0 Å². The highest BCUT2D eigenvalue weighted by Crippen LogP contribution is 2.25. The Bertz CT molecular complexity index is 513. The van der Waals surface area contributed by atoms with E-state index in [1.807, 2.05) is 24.3 Å². The Morgan fingerprint density at radius 3 is 2.63 bits per heavy atom. The molecule has 0 aliphatic carbocycles. The normalized spacial score (nSPS) is 10.2. The largest absolute Gasteiger partial charge is 0.492 e. The Hall–Kier alpha value is -1.48. The van der Waals surface area contributed by atoms with Crippen molar-refractivity contribution in [3.8, 4) is 5.75 Å². The number of hydrogen-bond donors (Lipinski definition) is 1. The number of rotatable bonds is 6. The second-order valence-corrected chi connectivity index (χ2v) is 5.28. The summed E-state index contributed by atoms with van der Waals surface area (Å²) in [5.41, 5.74) is 2.38. The molecule has 2 aromatic carbocycles. The number of ether oxygens (including phenoxy) is 1. The lowest BCUT2D eigenvalue weighted by Gasteiger charge is -2.10. The van der Waals surface area contributed by atoms with Gasteiger partial charge in [-0.05, 0) is 59.1 Å². The van der Waals surface area contributed by atoms with Crippen LogP contribution >= 0.6 is 15.9 Å². The Balaban J connectivity index is 1.69. The van der Waals surface area contributed by atoms with E-state index < -0.39 is 0 Å². The van der Waals surface area contributed by atoms with Crippen LogP contribution < -0.4 is 10.1 Å². The molecule has 0 amide bonds. The molecule has 2 rings (SSSR count). The second-order valence-electron chi connectivity index (χ2n) is 4.43. The molecule has 0 saturated heterocycles. The quantitative estimate of drug-likeness (QED) is 0.783. The van der Waals surface area contributed by atoms with Crippen molar-refractivity contribution in [2.75, 3.05) is 18.5 Å². The molecule has 0 radical (unpaired) electrons. The van der Waals surface area contributed by atoms with Crippen molar-refractivity contribution < 1.29 is 4.74 Å². The lowest BCUT2D eigenvalue weighted by Crippen LogP contribution is -2.07. The first-order chi connectivity index (χ1) is 9.25. The molecule has 1 N–H and O–H groups in total. The summed E-state index contributed by atoms with van der Waals surface area (Å²) in [4.78, 5) is 0. The number of halogens is 1. The maximum Gasteiger partial charge on any atom is 0.133 e. The predicted octanol–water partition coefficient (Wildman–Crippen LogP) is 4.64. The summed E-state index contributed by atoms with van der Waals surface area (Å²) in [6.45, 7) is 3.69. The minimum atomic E-state index is 0.710. The maximum atomic E-state index is 5.74. The Labute approximate surface area is 122 Å². The molecule has 0 fully saturated rings. The third-order valence-electron chi connectivity index (χ3n) is 2.77. The number of nitrogens with one attached hydrogen (secondary N) is 1. The van der Waals surface area contributed by atoms with Crippen LogP contribution in [0.15, 0.2) is 53.0 Å². The standard InChI is InChI=1S/C16H18BrNO/c1-13-8-9-16(15(17)12-13)19-11-5-10-18-14-6-3-2-4-7-14/h2-4,6-9,12,18H,5,10-11H2,1H3. The minimum Gasteiger partial charge on any atom is -0.492 e. The van der Waals surface area contributed by atoms with Gasteiger partial charge in [-0.2, -0.15) is 0 Å². The monoisotopic (exact) mass is 319 g/mol. The van der Waals surface area contributed by atoms with Gasteiger partial charge in [0.1, 0.15) is 5.75 Å². The third kappa shape index (κ3) is 4.60. The Morgan fingerprint density at radius 2 is 1.89 bits per heavy atom. The number of anilines is 1. The van der Waals surface area contributed by atoms with Gasteiger partial charge in [0.15, 0.2) is 0 Å². The van der Waals surface area contributed by atoms with E-state index in [4.69, 9.17) is 4.74 Å². The van der Waals surface area contributed by atoms with Crippen molar-refractivity contribution in [1.82, 2.24) is 0 Å². The molecule has 0 heterocycles. The van der Waals surface area contributed by atoms with Crippen LogP contribution in [0.1, 0.15) is 12.0 Å². The summed E-state index contributed by atoms with van der Waals surface area (Å²) in [5, 5.41) is 3.36. The van der Waals surface area contributed by atoms with Gasteiger partial charge in [-0.15, -0.1) is 0 Å². The van der Waals surface area contributed by atoms with Gasteiger partial charge >= 0.3 is 0 Å². The zero-order valence-electron chi connectivity index (χ0n) is 11.0. The smallest absolute Gasteiger partial charge is 0.133 e. The van der Waals surface area contributed by atoms with E-state index in [0.717, 1.165) is 28.9 Å². The molecule has 0 aromatic heterocycles. The first-order valence-electron chi connectivity index (χ1n) is 6.43. The van der Waals surface area contributed by atoms with Crippen molar-refractivity contribution in [2.24, 2.45) is 0 Å². The fourth-order valence-electron chi connectivity index (χ4n) is 1.77. The molecule has 0 unspecified atom stereocenters. The third-order valence-corrected chi connectivity index (χ3v) is 3.39. The van der Waals surface area contributed by atoms with Gasteiger partial charge in [0.2, 0.25) is 0 Å². The van der Waals surface area contributed by atoms with Gasteiger partial charge in [-0.3, -0.25) is 0 Å². The van der Waals surface area contributed by atoms with Crippen molar-refractivity contribution in [3.63, 3.8) is 0 Å². The van der Waals surface area contributed by atoms with Crippen molar-refractivity contribution in [3.05, 3.63) is 58.6 Å². The zero-order chi connectivity index (χ0) is 13.5. The average molecular weight is 320 g/mol. The summed E-state index contributed by atoms with van der Waals surface area (Å²) in [6, 6.07) is 16.3. The van der Waals surface area contributed by atoms with Crippen molar-refractivity contribution >= 4 is 21.6 Å². The molecule has 3 heteroatoms. The van der Waals surface area contributed by atoms with Crippen LogP contribution in [0.2, 0.25) is 0 Å². The van der Waals surface area contributed by atoms with E-state index in [1.54, 1.807) is 0 Å². The second kappa shape index (κ2) is 7.19. The van der Waals surface area contributed by atoms with Crippen LogP contribution in [-0.4, -0.2) is 13.2 Å². The Kier molecular flexibility index (Phi) is 5.28. The zero-order valence-corrected chi connectivity index (χ0v) is 12.6. The van der Waals surface area contributed by atoms with E-state index in [1.165, 1.54) is 5.56 Å². The predicted molar refractivity (Wildman–Crippen MR) is 83.9 cm³/mol. The fourth-order valence-corrected chi connectivity index (χ4v) is 2.37. The van der Waals surface area contributed by atoms with Gasteiger partial charge in [0.05, 0.1) is 11.1 Å². The molecule has 100 valence electrons. The Morgan fingerprint density at radius 1 is 1.11 bits per heavy atom. The van der Waals surface area contributed by atoms with Crippen LogP contribution in [0.25, 0.3) is 0 Å². The summed E-state index contributed by atoms with van der Waals surface area (Å²) in [5.74, 6) is 0.908. The molecular formula is C16H18BrNO. The topological polar surface area (TPSA) is 21.3 Å². The molecule has 2 nitrogen and oxygen atoms in total. The number of benzene rings is 2. The van der Waals surface area contributed by atoms with Crippen LogP contribution in [0.3, 0.4) is 0 Å². The van der Waals surface area contributed by atoms with E-state index >= 15 is 0 Å². The summed E-state index contributed by atoms with van der Waals surface area (Å²) < 4.78 is 6.76. The lowest BCUT2D eigenvalue weighted by molar-refractivity contribution is 0.313. The molecule has 0 aliphatic rings. The van der Waals surface area contributed by atoms with Gasteiger partial charge < -0.3 is 10.1 Å². The highest BCUT2D eigenvalue weighted by atomic mass is 79.9. The van der Waals surface area contributed by atoms with Crippen molar-refractivity contribution in [1.29, 1.82) is 0 Å². The maximum absolute atomic E-state index is 5.74. The molecule has 0 aliphatic heterocycles. The molecule has 0 bridgehead atoms. The molecule has 19 heavy (non-hydrogen) atoms. The SMILES string of the molecule is Cc1ccc(OCCCNc2ccccc2)c(Br)c1. The highest BCUT2D eigenvalue weighted by molar-refractivity contribution is 9.10. The van der Waals surface area contributed by atoms with Gasteiger partial charge in [-0.1, -0.05) is 24.3 Å². The van der Waals surface area contributed by atoms with Crippen molar-refractivity contribution in [2.45, 2.75) is 13.3 Å². The molecule has 0 saturated carbocycles. The summed E-state index contributed by atoms with van der Waals surface area (Å²) in [7, 11) is 0. The lowest BCUT2D eigenvalue weighted by atomic mass is 10.2. The number of para-hydroxylation sites is 1. The summed E-state index contributed by atoms with van der Waals surface area (Å²) >= 11 is 3.51. The molecule has 0 spiro atoms. The number of aryl methyl sites for hydroxylation is 1. The van der Waals surface area contributed by atoms with Gasteiger partial charge in [0, 0.05) is 12.2 Å². The van der Waals surface area contributed by atoms with Crippen LogP contribution in [0.5, 0.6) is 5.75 Å². The number of hydrogen-bond acceptors (Lipinski definition) is 2. The van der Waals surface area contributed by atoms with E-state index in [0.29, 0.717) is 6.61 Å². The van der Waals surface area contributed by atoms with Crippen LogP contribution in [-0.2, 0) is 0 Å². The fraction of sp³-hybridized carbons (Fsp3) is 0.250. The highest BCUT2D eigenvalue weighted by Gasteiger charge is 2.00. The molecular weight excluding hydrogens is 302 g/mol. The minimum absolute atomic E-state index is 0.710. The molecule has 0 atom stereocenters. The van der Waals surface area contributed by atoms with Crippen LogP contribution in [0.4, 0.5) is 5.69 Å².